The number of quaternary nitrogens is 2. The van der Waals surface area contributed by atoms with Gasteiger partial charge in [-0.3, -0.25) is 9.59 Å². The monoisotopic (exact) mass is 400 g/mol. The Balaban J connectivity index is 1.37. The molecular weight excluding hydrogens is 371 g/mol. The number of anilines is 1. The van der Waals surface area contributed by atoms with Crippen LogP contribution in [0.25, 0.3) is 0 Å². The molecule has 0 bridgehead atoms. The largest absolute Gasteiger partial charge is 0.337 e. The fourth-order valence-electron chi connectivity index (χ4n) is 3.57. The van der Waals surface area contributed by atoms with Gasteiger partial charge in [-0.2, -0.15) is 0 Å². The second kappa shape index (κ2) is 10.1. The summed E-state index contributed by atoms with van der Waals surface area (Å²) in [4.78, 5) is 28.9. The van der Waals surface area contributed by atoms with Gasteiger partial charge in [0, 0.05) is 19.3 Å². The highest BCUT2D eigenvalue weighted by Crippen LogP contribution is 2.07. The zero-order valence-corrected chi connectivity index (χ0v) is 16.8. The minimum Gasteiger partial charge on any atom is -0.337 e. The second-order valence-electron chi connectivity index (χ2n) is 7.64. The molecule has 2 aromatic carbocycles. The van der Waals surface area contributed by atoms with Crippen molar-refractivity contribution < 1.29 is 23.8 Å². The molecule has 1 heterocycles. The van der Waals surface area contributed by atoms with Crippen LogP contribution in [-0.2, 0) is 16.1 Å². The van der Waals surface area contributed by atoms with Crippen molar-refractivity contribution in [1.29, 1.82) is 0 Å². The lowest BCUT2D eigenvalue weighted by molar-refractivity contribution is -1.00. The number of hydrogen-bond acceptors (Lipinski definition) is 2. The summed E-state index contributed by atoms with van der Waals surface area (Å²) in [6, 6.07) is 15.8. The molecule has 6 nitrogen and oxygen atoms in total. The number of nitrogens with zero attached hydrogens (tertiary/aromatic N) is 1. The number of carbonyl (C=O) groups is 2. The van der Waals surface area contributed by atoms with E-state index in [1.807, 2.05) is 37.4 Å². The van der Waals surface area contributed by atoms with E-state index in [-0.39, 0.29) is 17.6 Å². The van der Waals surface area contributed by atoms with Crippen LogP contribution in [0.3, 0.4) is 0 Å². The molecular formula is C22H29FN4O2+2. The second-order valence-corrected chi connectivity index (χ2v) is 7.64. The summed E-state index contributed by atoms with van der Waals surface area (Å²) >= 11 is 0. The van der Waals surface area contributed by atoms with Crippen LogP contribution in [0.5, 0.6) is 0 Å². The van der Waals surface area contributed by atoms with Crippen LogP contribution in [0.1, 0.15) is 5.56 Å². The number of carbonyl (C=O) groups excluding carboxylic acids is 2. The summed E-state index contributed by atoms with van der Waals surface area (Å²) in [5.41, 5.74) is 1.73. The molecule has 0 unspecified atom stereocenters. The number of likely N-dealkylation sites (N-methyl/N-ethyl adjacent to an activating group) is 1. The summed E-state index contributed by atoms with van der Waals surface area (Å²) in [5, 5.41) is 2.80. The van der Waals surface area contributed by atoms with E-state index in [1.54, 1.807) is 17.0 Å². The quantitative estimate of drug-likeness (QED) is 0.571. The Morgan fingerprint density at radius 1 is 0.931 bits per heavy atom. The van der Waals surface area contributed by atoms with Gasteiger partial charge in [0.2, 0.25) is 0 Å². The minimum absolute atomic E-state index is 0.0753. The van der Waals surface area contributed by atoms with Crippen molar-refractivity contribution in [3.05, 3.63) is 66.0 Å². The Morgan fingerprint density at radius 3 is 2.14 bits per heavy atom. The van der Waals surface area contributed by atoms with Gasteiger partial charge >= 0.3 is 0 Å². The van der Waals surface area contributed by atoms with Crippen molar-refractivity contribution in [2.24, 2.45) is 0 Å². The molecule has 29 heavy (non-hydrogen) atoms. The number of amides is 2. The lowest BCUT2D eigenvalue weighted by Gasteiger charge is -2.30. The molecule has 0 aromatic heterocycles. The van der Waals surface area contributed by atoms with Crippen LogP contribution < -0.4 is 15.1 Å². The predicted octanol–water partition coefficient (Wildman–Crippen LogP) is -0.794. The van der Waals surface area contributed by atoms with Gasteiger partial charge in [0.05, 0.1) is 0 Å². The first-order valence-electron chi connectivity index (χ1n) is 10.00. The van der Waals surface area contributed by atoms with Gasteiger partial charge in [0.25, 0.3) is 11.8 Å². The normalized spacial score (nSPS) is 18.8. The predicted molar refractivity (Wildman–Crippen MR) is 109 cm³/mol. The van der Waals surface area contributed by atoms with Crippen molar-refractivity contribution in [3.63, 3.8) is 0 Å². The highest BCUT2D eigenvalue weighted by atomic mass is 19.1. The molecule has 0 spiro atoms. The number of rotatable bonds is 7. The number of nitrogens with one attached hydrogen (secondary N) is 3. The molecule has 1 fully saturated rings. The smallest absolute Gasteiger partial charge is 0.279 e. The Morgan fingerprint density at radius 2 is 1.52 bits per heavy atom. The molecule has 0 saturated carbocycles. The number of piperazine rings is 1. The average Bonchev–Trinajstić information content (AvgIpc) is 2.72. The molecule has 1 aliphatic rings. The topological polar surface area (TPSA) is 58.3 Å². The van der Waals surface area contributed by atoms with Crippen LogP contribution in [0.2, 0.25) is 0 Å². The summed E-state index contributed by atoms with van der Waals surface area (Å²) in [7, 11) is 1.84. The molecule has 7 heteroatoms. The van der Waals surface area contributed by atoms with E-state index in [0.29, 0.717) is 25.3 Å². The first-order chi connectivity index (χ1) is 14.0. The van der Waals surface area contributed by atoms with E-state index in [9.17, 15) is 14.0 Å². The van der Waals surface area contributed by atoms with Gasteiger partial charge in [-0.15, -0.1) is 0 Å². The lowest BCUT2D eigenvalue weighted by Crippen LogP contribution is -3.28. The third kappa shape index (κ3) is 6.66. The molecule has 154 valence electrons. The highest BCUT2D eigenvalue weighted by Gasteiger charge is 2.27. The summed E-state index contributed by atoms with van der Waals surface area (Å²) in [6.07, 6.45) is 0. The van der Waals surface area contributed by atoms with Crippen LogP contribution in [0, 0.1) is 5.82 Å². The maximum absolute atomic E-state index is 12.9. The van der Waals surface area contributed by atoms with Crippen molar-refractivity contribution in [2.45, 2.75) is 6.54 Å². The number of benzene rings is 2. The van der Waals surface area contributed by atoms with Gasteiger partial charge < -0.3 is 20.0 Å². The molecule has 3 rings (SSSR count). The molecule has 2 aromatic rings. The summed E-state index contributed by atoms with van der Waals surface area (Å²) in [6.45, 7) is 4.91. The summed E-state index contributed by atoms with van der Waals surface area (Å²) in [5.74, 6) is -0.258. The third-order valence-corrected chi connectivity index (χ3v) is 5.29. The van der Waals surface area contributed by atoms with Gasteiger partial charge in [-0.1, -0.05) is 30.3 Å². The fraction of sp³-hybridized carbons (Fsp3) is 0.364. The zero-order valence-electron chi connectivity index (χ0n) is 16.8. The highest BCUT2D eigenvalue weighted by molar-refractivity contribution is 5.91. The maximum Gasteiger partial charge on any atom is 0.279 e. The van der Waals surface area contributed by atoms with E-state index in [2.05, 4.69) is 5.32 Å². The van der Waals surface area contributed by atoms with Gasteiger partial charge in [0.1, 0.15) is 32.0 Å². The van der Waals surface area contributed by atoms with Crippen LogP contribution in [0.4, 0.5) is 10.1 Å². The van der Waals surface area contributed by atoms with Crippen molar-refractivity contribution in [3.8, 4) is 0 Å². The SMILES string of the molecule is CN(Cc1ccccc1)C(=O)C[NH+]1CC[NH+](CC(=O)Nc2ccc(F)cc2)CC1. The molecule has 2 amide bonds. The van der Waals surface area contributed by atoms with Gasteiger partial charge in [0.15, 0.2) is 13.1 Å². The Kier molecular flexibility index (Phi) is 7.32. The van der Waals surface area contributed by atoms with E-state index >= 15 is 0 Å². The maximum atomic E-state index is 12.9. The van der Waals surface area contributed by atoms with Crippen molar-refractivity contribution in [1.82, 2.24) is 4.90 Å². The standard InChI is InChI=1S/C22H27FN4O2/c1-25(15-18-5-3-2-4-6-18)22(29)17-27-13-11-26(12-14-27)16-21(28)24-20-9-7-19(23)8-10-20/h2-10H,11-17H2,1H3,(H,24,28)/p+2. The average molecular weight is 400 g/mol. The first-order valence-corrected chi connectivity index (χ1v) is 10.00. The van der Waals surface area contributed by atoms with E-state index in [0.717, 1.165) is 31.7 Å². The number of hydrogen-bond donors (Lipinski definition) is 3. The summed E-state index contributed by atoms with van der Waals surface area (Å²) < 4.78 is 12.9. The molecule has 1 aliphatic heterocycles. The van der Waals surface area contributed by atoms with Gasteiger partial charge in [-0.05, 0) is 29.8 Å². The van der Waals surface area contributed by atoms with E-state index in [4.69, 9.17) is 0 Å². The van der Waals surface area contributed by atoms with E-state index in [1.165, 1.54) is 21.9 Å². The first kappa shape index (κ1) is 21.0. The molecule has 0 radical (unpaired) electrons. The van der Waals surface area contributed by atoms with Crippen molar-refractivity contribution in [2.75, 3.05) is 51.6 Å². The third-order valence-electron chi connectivity index (χ3n) is 5.29. The van der Waals surface area contributed by atoms with Gasteiger partial charge in [-0.25, -0.2) is 4.39 Å². The fourth-order valence-corrected chi connectivity index (χ4v) is 3.57. The van der Waals surface area contributed by atoms with Crippen LogP contribution >= 0.6 is 0 Å². The minimum atomic E-state index is -0.323. The molecule has 1 saturated heterocycles. The van der Waals surface area contributed by atoms with Crippen LogP contribution in [-0.4, -0.2) is 63.0 Å². The molecule has 0 atom stereocenters. The Bertz CT molecular complexity index is 805. The van der Waals surface area contributed by atoms with Crippen LogP contribution in [0.15, 0.2) is 54.6 Å². The Labute approximate surface area is 170 Å². The Hall–Kier alpha value is -2.77. The zero-order chi connectivity index (χ0) is 20.6. The van der Waals surface area contributed by atoms with Crippen molar-refractivity contribution >= 4 is 17.5 Å². The molecule has 0 aliphatic carbocycles. The molecule has 3 N–H and O–H groups in total. The lowest BCUT2D eigenvalue weighted by atomic mass is 10.2. The van der Waals surface area contributed by atoms with E-state index < -0.39 is 0 Å². The number of halogens is 1.